The monoisotopic (exact) mass is 221 g/mol. The van der Waals surface area contributed by atoms with E-state index in [1.807, 2.05) is 19.1 Å². The van der Waals surface area contributed by atoms with Crippen LogP contribution >= 0.6 is 0 Å². The summed E-state index contributed by atoms with van der Waals surface area (Å²) in [6.07, 6.45) is 5.45. The predicted molar refractivity (Wildman–Crippen MR) is 62.1 cm³/mol. The van der Waals surface area contributed by atoms with Crippen LogP contribution in [0.15, 0.2) is 18.3 Å². The molecule has 0 radical (unpaired) electrons. The second-order valence-corrected chi connectivity index (χ2v) is 4.65. The maximum absolute atomic E-state index is 10.6. The molecule has 1 fully saturated rings. The van der Waals surface area contributed by atoms with Crippen LogP contribution in [0.4, 0.5) is 0 Å². The van der Waals surface area contributed by atoms with Crippen molar-refractivity contribution in [3.63, 3.8) is 0 Å². The van der Waals surface area contributed by atoms with Crippen molar-refractivity contribution in [2.75, 3.05) is 7.11 Å². The number of methoxy groups -OCH3 is 1. The van der Waals surface area contributed by atoms with Crippen LogP contribution in [0.25, 0.3) is 0 Å². The maximum atomic E-state index is 10.6. The Morgan fingerprint density at radius 1 is 1.38 bits per heavy atom. The van der Waals surface area contributed by atoms with Crippen LogP contribution in [-0.4, -0.2) is 23.3 Å². The van der Waals surface area contributed by atoms with E-state index in [9.17, 15) is 5.11 Å². The van der Waals surface area contributed by atoms with Crippen LogP contribution in [0.5, 0.6) is 0 Å². The molecule has 0 aromatic carbocycles. The third kappa shape index (κ3) is 2.25. The number of ether oxygens (including phenoxy) is 1. The van der Waals surface area contributed by atoms with Gasteiger partial charge in [-0.1, -0.05) is 6.07 Å². The summed E-state index contributed by atoms with van der Waals surface area (Å²) in [6, 6.07) is 3.94. The van der Waals surface area contributed by atoms with Crippen molar-refractivity contribution in [2.45, 2.75) is 44.3 Å². The number of rotatable bonds is 2. The molecule has 88 valence electrons. The second-order valence-electron chi connectivity index (χ2n) is 4.65. The van der Waals surface area contributed by atoms with Gasteiger partial charge in [0.15, 0.2) is 0 Å². The first-order valence-corrected chi connectivity index (χ1v) is 5.82. The molecule has 1 N–H and O–H groups in total. The van der Waals surface area contributed by atoms with Gasteiger partial charge in [0.25, 0.3) is 0 Å². The fourth-order valence-electron chi connectivity index (χ4n) is 2.34. The van der Waals surface area contributed by atoms with E-state index in [2.05, 4.69) is 4.98 Å². The Hall–Kier alpha value is -0.930. The van der Waals surface area contributed by atoms with Crippen molar-refractivity contribution < 1.29 is 9.84 Å². The number of pyridine rings is 1. The zero-order chi connectivity index (χ0) is 11.6. The van der Waals surface area contributed by atoms with Crippen LogP contribution in [0.3, 0.4) is 0 Å². The zero-order valence-corrected chi connectivity index (χ0v) is 9.94. The summed E-state index contributed by atoms with van der Waals surface area (Å²) in [6.45, 7) is 1.95. The highest BCUT2D eigenvalue weighted by atomic mass is 16.5. The van der Waals surface area contributed by atoms with Gasteiger partial charge in [0.1, 0.15) is 0 Å². The molecular formula is C13H19NO2. The fourth-order valence-corrected chi connectivity index (χ4v) is 2.34. The largest absolute Gasteiger partial charge is 0.385 e. The molecule has 0 amide bonds. The smallest absolute Gasteiger partial charge is 0.0913 e. The van der Waals surface area contributed by atoms with Crippen LogP contribution in [0.2, 0.25) is 0 Å². The van der Waals surface area contributed by atoms with Gasteiger partial charge in [0, 0.05) is 24.6 Å². The van der Waals surface area contributed by atoms with E-state index in [4.69, 9.17) is 4.74 Å². The Bertz CT molecular complexity index is 339. The molecular weight excluding hydrogens is 202 g/mol. The molecule has 1 heterocycles. The number of aromatic nitrogens is 1. The topological polar surface area (TPSA) is 42.4 Å². The first kappa shape index (κ1) is 11.6. The third-order valence-corrected chi connectivity index (χ3v) is 3.54. The Labute approximate surface area is 96.5 Å². The summed E-state index contributed by atoms with van der Waals surface area (Å²) in [4.78, 5) is 4.25. The maximum Gasteiger partial charge on any atom is 0.0913 e. The van der Waals surface area contributed by atoms with Gasteiger partial charge in [0.2, 0.25) is 0 Å². The second kappa shape index (κ2) is 4.52. The molecule has 2 rings (SSSR count). The minimum Gasteiger partial charge on any atom is -0.385 e. The van der Waals surface area contributed by atoms with Gasteiger partial charge in [-0.15, -0.1) is 0 Å². The van der Waals surface area contributed by atoms with Gasteiger partial charge in [-0.2, -0.15) is 0 Å². The highest BCUT2D eigenvalue weighted by Crippen LogP contribution is 2.37. The third-order valence-electron chi connectivity index (χ3n) is 3.54. The number of aryl methyl sites for hydroxylation is 1. The highest BCUT2D eigenvalue weighted by molar-refractivity contribution is 5.21. The fraction of sp³-hybridized carbons (Fsp3) is 0.615. The minimum absolute atomic E-state index is 0.304. The van der Waals surface area contributed by atoms with Crippen LogP contribution in [0, 0.1) is 6.92 Å². The Balaban J connectivity index is 2.11. The molecule has 1 aliphatic rings. The Morgan fingerprint density at radius 3 is 2.56 bits per heavy atom. The van der Waals surface area contributed by atoms with Crippen molar-refractivity contribution in [1.82, 2.24) is 4.98 Å². The van der Waals surface area contributed by atoms with Gasteiger partial charge in [-0.3, -0.25) is 4.98 Å². The molecule has 16 heavy (non-hydrogen) atoms. The first-order valence-electron chi connectivity index (χ1n) is 5.82. The molecule has 1 aliphatic carbocycles. The quantitative estimate of drug-likeness (QED) is 0.832. The van der Waals surface area contributed by atoms with Crippen molar-refractivity contribution in [3.8, 4) is 0 Å². The van der Waals surface area contributed by atoms with Crippen LogP contribution in [0.1, 0.15) is 36.9 Å². The molecule has 0 atom stereocenters. The standard InChI is InChI=1S/C13H19NO2/c1-10-3-4-11(9-14-10)13(15)7-5-12(16-2)6-8-13/h3-4,9,12,15H,5-8H2,1-2H3. The molecule has 0 aliphatic heterocycles. The SMILES string of the molecule is COC1CCC(O)(c2ccc(C)nc2)CC1. The molecule has 3 nitrogen and oxygen atoms in total. The minimum atomic E-state index is -0.699. The molecule has 0 bridgehead atoms. The molecule has 0 saturated heterocycles. The van der Waals surface area contributed by atoms with E-state index in [-0.39, 0.29) is 0 Å². The van der Waals surface area contributed by atoms with Gasteiger partial charge < -0.3 is 9.84 Å². The average Bonchev–Trinajstić information content (AvgIpc) is 2.31. The Kier molecular flexibility index (Phi) is 3.26. The lowest BCUT2D eigenvalue weighted by Crippen LogP contribution is -2.34. The van der Waals surface area contributed by atoms with E-state index >= 15 is 0 Å². The summed E-state index contributed by atoms with van der Waals surface area (Å²) in [7, 11) is 1.74. The Morgan fingerprint density at radius 2 is 2.06 bits per heavy atom. The number of hydrogen-bond donors (Lipinski definition) is 1. The van der Waals surface area contributed by atoms with E-state index in [1.54, 1.807) is 13.3 Å². The van der Waals surface area contributed by atoms with Crippen molar-refractivity contribution >= 4 is 0 Å². The molecule has 0 unspecified atom stereocenters. The lowest BCUT2D eigenvalue weighted by atomic mass is 9.79. The van der Waals surface area contributed by atoms with E-state index in [0.29, 0.717) is 6.10 Å². The molecule has 3 heteroatoms. The average molecular weight is 221 g/mol. The van der Waals surface area contributed by atoms with Crippen molar-refractivity contribution in [1.29, 1.82) is 0 Å². The molecule has 1 aromatic heterocycles. The highest BCUT2D eigenvalue weighted by Gasteiger charge is 2.34. The van der Waals surface area contributed by atoms with Crippen molar-refractivity contribution in [2.24, 2.45) is 0 Å². The van der Waals surface area contributed by atoms with Gasteiger partial charge >= 0.3 is 0 Å². The van der Waals surface area contributed by atoms with Gasteiger partial charge in [-0.25, -0.2) is 0 Å². The lowest BCUT2D eigenvalue weighted by molar-refractivity contribution is -0.0476. The van der Waals surface area contributed by atoms with Gasteiger partial charge in [0.05, 0.1) is 11.7 Å². The van der Waals surface area contributed by atoms with Gasteiger partial charge in [-0.05, 0) is 38.7 Å². The lowest BCUT2D eigenvalue weighted by Gasteiger charge is -2.35. The van der Waals surface area contributed by atoms with E-state index < -0.39 is 5.60 Å². The molecule has 1 aromatic rings. The zero-order valence-electron chi connectivity index (χ0n) is 9.94. The predicted octanol–water partition coefficient (Wildman–Crippen LogP) is 2.17. The summed E-state index contributed by atoms with van der Waals surface area (Å²) >= 11 is 0. The first-order chi connectivity index (χ1) is 7.64. The summed E-state index contributed by atoms with van der Waals surface area (Å²) in [5, 5.41) is 10.6. The summed E-state index contributed by atoms with van der Waals surface area (Å²) in [5.74, 6) is 0. The molecule has 0 spiro atoms. The van der Waals surface area contributed by atoms with E-state index in [1.165, 1.54) is 0 Å². The van der Waals surface area contributed by atoms with Crippen LogP contribution in [-0.2, 0) is 10.3 Å². The van der Waals surface area contributed by atoms with E-state index in [0.717, 1.165) is 36.9 Å². The normalized spacial score (nSPS) is 30.3. The van der Waals surface area contributed by atoms with Crippen LogP contribution < -0.4 is 0 Å². The van der Waals surface area contributed by atoms with Crippen molar-refractivity contribution in [3.05, 3.63) is 29.6 Å². The summed E-state index contributed by atoms with van der Waals surface area (Å²) in [5.41, 5.74) is 1.22. The number of aliphatic hydroxyl groups is 1. The number of hydrogen-bond acceptors (Lipinski definition) is 3. The number of nitrogens with zero attached hydrogens (tertiary/aromatic N) is 1. The molecule has 1 saturated carbocycles. The summed E-state index contributed by atoms with van der Waals surface area (Å²) < 4.78 is 5.31.